The Morgan fingerprint density at radius 1 is 0.857 bits per heavy atom. The molecule has 0 aromatic heterocycles. The Morgan fingerprint density at radius 2 is 1.54 bits per heavy atom. The number of benzene rings is 3. The van der Waals surface area contributed by atoms with Crippen molar-refractivity contribution in [1.29, 1.82) is 0 Å². The van der Waals surface area contributed by atoms with Crippen molar-refractivity contribution in [3.05, 3.63) is 53.1 Å². The van der Waals surface area contributed by atoms with E-state index in [1.165, 1.54) is 39.5 Å². The number of fused-ring (bicyclic) bond motifs is 1. The standard InChI is InChI=1S/C20H19ClO6S/c1-12-5-7-14(8-6-12)28(22,23)27-18-10-13(24-2)9-15-19(18)17(25-3)11-16(21)20(15)26-4/h5-11H,1-4H3. The molecule has 0 amide bonds. The summed E-state index contributed by atoms with van der Waals surface area (Å²) in [6.07, 6.45) is 0. The molecule has 3 aromatic rings. The van der Waals surface area contributed by atoms with Crippen molar-refractivity contribution in [3.63, 3.8) is 0 Å². The van der Waals surface area contributed by atoms with Crippen LogP contribution in [0.3, 0.4) is 0 Å². The Bertz CT molecular complexity index is 1120. The molecule has 0 aliphatic heterocycles. The van der Waals surface area contributed by atoms with E-state index in [-0.39, 0.29) is 10.6 Å². The summed E-state index contributed by atoms with van der Waals surface area (Å²) >= 11 is 6.27. The first kappa shape index (κ1) is 20.1. The van der Waals surface area contributed by atoms with E-state index in [1.54, 1.807) is 24.3 Å². The largest absolute Gasteiger partial charge is 0.497 e. The van der Waals surface area contributed by atoms with E-state index in [2.05, 4.69) is 0 Å². The summed E-state index contributed by atoms with van der Waals surface area (Å²) in [5.41, 5.74) is 0.937. The van der Waals surface area contributed by atoms with Crippen molar-refractivity contribution in [1.82, 2.24) is 0 Å². The molecular formula is C20H19ClO6S. The highest BCUT2D eigenvalue weighted by molar-refractivity contribution is 7.87. The first-order chi connectivity index (χ1) is 13.3. The third-order valence-corrected chi connectivity index (χ3v) is 5.74. The summed E-state index contributed by atoms with van der Waals surface area (Å²) in [4.78, 5) is 0.0361. The average Bonchev–Trinajstić information content (AvgIpc) is 2.67. The summed E-state index contributed by atoms with van der Waals surface area (Å²) in [5, 5.41) is 1.22. The molecule has 8 heteroatoms. The number of halogens is 1. The van der Waals surface area contributed by atoms with Gasteiger partial charge in [-0.1, -0.05) is 29.3 Å². The van der Waals surface area contributed by atoms with E-state index in [4.69, 9.17) is 30.0 Å². The molecule has 0 saturated heterocycles. The molecule has 3 aromatic carbocycles. The molecule has 0 heterocycles. The molecule has 28 heavy (non-hydrogen) atoms. The van der Waals surface area contributed by atoms with Crippen LogP contribution in [0.25, 0.3) is 10.8 Å². The molecule has 0 aliphatic rings. The molecule has 0 aliphatic carbocycles. The van der Waals surface area contributed by atoms with Crippen LogP contribution in [0.15, 0.2) is 47.4 Å². The van der Waals surface area contributed by atoms with Gasteiger partial charge in [-0.2, -0.15) is 8.42 Å². The summed E-state index contributed by atoms with van der Waals surface area (Å²) < 4.78 is 47.2. The van der Waals surface area contributed by atoms with Crippen molar-refractivity contribution in [2.45, 2.75) is 11.8 Å². The summed E-state index contributed by atoms with van der Waals surface area (Å²) in [7, 11) is 0.307. The molecule has 0 unspecified atom stereocenters. The van der Waals surface area contributed by atoms with E-state index in [1.807, 2.05) is 6.92 Å². The lowest BCUT2D eigenvalue weighted by atomic mass is 10.1. The number of ether oxygens (including phenoxy) is 3. The van der Waals surface area contributed by atoms with Gasteiger partial charge in [-0.25, -0.2) is 0 Å². The Kier molecular flexibility index (Phi) is 5.58. The molecule has 148 valence electrons. The number of methoxy groups -OCH3 is 3. The molecule has 0 spiro atoms. The lowest BCUT2D eigenvalue weighted by Crippen LogP contribution is -2.10. The maximum absolute atomic E-state index is 12.8. The highest BCUT2D eigenvalue weighted by Gasteiger charge is 2.23. The van der Waals surface area contributed by atoms with E-state index in [0.29, 0.717) is 33.0 Å². The van der Waals surface area contributed by atoms with Gasteiger partial charge in [0, 0.05) is 17.5 Å². The van der Waals surface area contributed by atoms with Crippen molar-refractivity contribution in [3.8, 4) is 23.0 Å². The van der Waals surface area contributed by atoms with Crippen molar-refractivity contribution in [2.75, 3.05) is 21.3 Å². The molecule has 0 bridgehead atoms. The Hall–Kier alpha value is -2.64. The van der Waals surface area contributed by atoms with Crippen molar-refractivity contribution < 1.29 is 26.8 Å². The quantitative estimate of drug-likeness (QED) is 0.541. The minimum atomic E-state index is -4.09. The molecule has 0 N–H and O–H groups in total. The fourth-order valence-electron chi connectivity index (χ4n) is 2.83. The maximum atomic E-state index is 12.8. The van der Waals surface area contributed by atoms with Gasteiger partial charge < -0.3 is 18.4 Å². The monoisotopic (exact) mass is 422 g/mol. The molecule has 0 fully saturated rings. The van der Waals surface area contributed by atoms with Crippen LogP contribution >= 0.6 is 11.6 Å². The molecule has 3 rings (SSSR count). The van der Waals surface area contributed by atoms with Gasteiger partial charge in [-0.05, 0) is 25.1 Å². The molecule has 0 radical (unpaired) electrons. The zero-order chi connectivity index (χ0) is 20.5. The first-order valence-corrected chi connectivity index (χ1v) is 10.0. The second-order valence-corrected chi connectivity index (χ2v) is 7.95. The van der Waals surface area contributed by atoms with Gasteiger partial charge in [0.25, 0.3) is 0 Å². The third-order valence-electron chi connectivity index (χ3n) is 4.21. The fraction of sp³-hybridized carbons (Fsp3) is 0.200. The normalized spacial score (nSPS) is 11.3. The lowest BCUT2D eigenvalue weighted by Gasteiger charge is -2.17. The second-order valence-electron chi connectivity index (χ2n) is 5.99. The maximum Gasteiger partial charge on any atom is 0.339 e. The minimum Gasteiger partial charge on any atom is -0.497 e. The van der Waals surface area contributed by atoms with Crippen LogP contribution in [0.5, 0.6) is 23.0 Å². The summed E-state index contributed by atoms with van der Waals surface area (Å²) in [6.45, 7) is 1.87. The third kappa shape index (κ3) is 3.68. The highest BCUT2D eigenvalue weighted by atomic mass is 35.5. The number of hydrogen-bond acceptors (Lipinski definition) is 6. The fourth-order valence-corrected chi connectivity index (χ4v) is 4.04. The van der Waals surface area contributed by atoms with Gasteiger partial charge in [-0.3, -0.25) is 0 Å². The van der Waals surface area contributed by atoms with Gasteiger partial charge in [0.15, 0.2) is 5.75 Å². The molecule has 0 atom stereocenters. The van der Waals surface area contributed by atoms with Crippen LogP contribution in [-0.2, 0) is 10.1 Å². The first-order valence-electron chi connectivity index (χ1n) is 8.24. The summed E-state index contributed by atoms with van der Waals surface area (Å²) in [6, 6.07) is 11.1. The predicted molar refractivity (Wildman–Crippen MR) is 108 cm³/mol. The van der Waals surface area contributed by atoms with Crippen LogP contribution < -0.4 is 18.4 Å². The van der Waals surface area contributed by atoms with Gasteiger partial charge in [0.2, 0.25) is 0 Å². The second kappa shape index (κ2) is 7.77. The summed E-state index contributed by atoms with van der Waals surface area (Å²) in [5.74, 6) is 1.12. The Morgan fingerprint density at radius 3 is 2.11 bits per heavy atom. The van der Waals surface area contributed by atoms with Crippen LogP contribution in [0, 0.1) is 6.92 Å². The van der Waals surface area contributed by atoms with Crippen LogP contribution in [0.2, 0.25) is 5.02 Å². The van der Waals surface area contributed by atoms with E-state index < -0.39 is 10.1 Å². The van der Waals surface area contributed by atoms with Gasteiger partial charge >= 0.3 is 10.1 Å². The van der Waals surface area contributed by atoms with Gasteiger partial charge in [-0.15, -0.1) is 0 Å². The lowest BCUT2D eigenvalue weighted by molar-refractivity contribution is 0.404. The average molecular weight is 423 g/mol. The van der Waals surface area contributed by atoms with Crippen molar-refractivity contribution >= 4 is 32.5 Å². The number of hydrogen-bond donors (Lipinski definition) is 0. The highest BCUT2D eigenvalue weighted by Crippen LogP contribution is 2.46. The van der Waals surface area contributed by atoms with Gasteiger partial charge in [0.1, 0.15) is 22.1 Å². The van der Waals surface area contributed by atoms with Crippen LogP contribution in [0.1, 0.15) is 5.56 Å². The minimum absolute atomic E-state index is 0.0361. The van der Waals surface area contributed by atoms with E-state index in [0.717, 1.165) is 5.56 Å². The smallest absolute Gasteiger partial charge is 0.339 e. The zero-order valence-electron chi connectivity index (χ0n) is 15.8. The predicted octanol–water partition coefficient (Wildman–Crippen LogP) is 4.60. The van der Waals surface area contributed by atoms with Crippen LogP contribution in [-0.4, -0.2) is 29.7 Å². The van der Waals surface area contributed by atoms with E-state index in [9.17, 15) is 8.42 Å². The van der Waals surface area contributed by atoms with E-state index >= 15 is 0 Å². The number of aryl methyl sites for hydroxylation is 1. The SMILES string of the molecule is COc1cc(OS(=O)(=O)c2ccc(C)cc2)c2c(OC)cc(Cl)c(OC)c2c1. The number of rotatable bonds is 6. The molecule has 6 nitrogen and oxygen atoms in total. The van der Waals surface area contributed by atoms with Gasteiger partial charge in [0.05, 0.1) is 31.7 Å². The molecule has 0 saturated carbocycles. The van der Waals surface area contributed by atoms with Crippen molar-refractivity contribution in [2.24, 2.45) is 0 Å². The topological polar surface area (TPSA) is 71.1 Å². The Labute approximate surface area is 168 Å². The zero-order valence-corrected chi connectivity index (χ0v) is 17.3. The Balaban J connectivity index is 2.26. The van der Waals surface area contributed by atoms with Crippen LogP contribution in [0.4, 0.5) is 0 Å². The molecular weight excluding hydrogens is 404 g/mol.